The minimum absolute atomic E-state index is 0.704. The van der Waals surface area contributed by atoms with Crippen molar-refractivity contribution in [2.75, 3.05) is 26.0 Å². The van der Waals surface area contributed by atoms with Crippen molar-refractivity contribution < 1.29 is 0 Å². The van der Waals surface area contributed by atoms with Crippen molar-refractivity contribution in [3.8, 4) is 0 Å². The summed E-state index contributed by atoms with van der Waals surface area (Å²) in [5.41, 5.74) is 5.21. The molecule has 0 aliphatic heterocycles. The zero-order valence-electron chi connectivity index (χ0n) is 13.0. The quantitative estimate of drug-likeness (QED) is 0.613. The Bertz CT molecular complexity index is 520. The predicted octanol–water partition coefficient (Wildman–Crippen LogP) is 1.19. The Morgan fingerprint density at radius 1 is 1.40 bits per heavy atom. The summed E-state index contributed by atoms with van der Waals surface area (Å²) in [5, 5.41) is 3.24. The van der Waals surface area contributed by atoms with Crippen LogP contribution in [-0.4, -0.2) is 41.2 Å². The molecule has 4 radical (unpaired) electrons. The van der Waals surface area contributed by atoms with Crippen LogP contribution < -0.4 is 16.2 Å². The van der Waals surface area contributed by atoms with Gasteiger partial charge in [0.25, 0.3) is 0 Å². The summed E-state index contributed by atoms with van der Waals surface area (Å²) in [4.78, 5) is 2.08. The minimum atomic E-state index is 0.704. The number of hydrogen-bond donors (Lipinski definition) is 1. The lowest BCUT2D eigenvalue weighted by molar-refractivity contribution is 0.456. The summed E-state index contributed by atoms with van der Waals surface area (Å²) in [6.45, 7) is 8.90. The van der Waals surface area contributed by atoms with Crippen molar-refractivity contribution >= 4 is 32.3 Å². The summed E-state index contributed by atoms with van der Waals surface area (Å²) in [7, 11) is 16.3. The van der Waals surface area contributed by atoms with Crippen LogP contribution in [0.5, 0.6) is 0 Å². The van der Waals surface area contributed by atoms with E-state index >= 15 is 0 Å². The monoisotopic (exact) mass is 264 g/mol. The van der Waals surface area contributed by atoms with Gasteiger partial charge < -0.3 is 10.2 Å². The summed E-state index contributed by atoms with van der Waals surface area (Å²) in [5.74, 6) is 0. The molecule has 1 rings (SSSR count). The van der Waals surface area contributed by atoms with Gasteiger partial charge in [0.15, 0.2) is 0 Å². The summed E-state index contributed by atoms with van der Waals surface area (Å²) < 4.78 is 0. The van der Waals surface area contributed by atoms with E-state index in [4.69, 9.17) is 15.7 Å². The number of benzene rings is 1. The molecule has 0 fully saturated rings. The molecule has 0 aromatic heterocycles. The standard InChI is InChI=1S/C16H22B2N2/c1-6-13-10-14(17)16(12(3)15(13)18)19-11(2)8-7-9-20(4)5/h7-8,10,19H,2,6,9H2,1,3-5H3/b8-7-. The fourth-order valence-corrected chi connectivity index (χ4v) is 2.00. The van der Waals surface area contributed by atoms with E-state index in [9.17, 15) is 0 Å². The van der Waals surface area contributed by atoms with Crippen molar-refractivity contribution in [1.82, 2.24) is 4.90 Å². The van der Waals surface area contributed by atoms with Crippen LogP contribution in [0, 0.1) is 6.92 Å². The molecule has 20 heavy (non-hydrogen) atoms. The van der Waals surface area contributed by atoms with E-state index in [0.717, 1.165) is 40.9 Å². The Morgan fingerprint density at radius 2 is 2.05 bits per heavy atom. The third-order valence-corrected chi connectivity index (χ3v) is 3.20. The van der Waals surface area contributed by atoms with Crippen LogP contribution in [0.3, 0.4) is 0 Å². The number of likely N-dealkylation sites (N-methyl/N-ethyl adjacent to an activating group) is 1. The highest BCUT2D eigenvalue weighted by atomic mass is 15.0. The van der Waals surface area contributed by atoms with Gasteiger partial charge in [-0.05, 0) is 39.1 Å². The van der Waals surface area contributed by atoms with Crippen LogP contribution in [0.1, 0.15) is 18.1 Å². The van der Waals surface area contributed by atoms with Crippen molar-refractivity contribution in [2.45, 2.75) is 20.3 Å². The van der Waals surface area contributed by atoms with E-state index in [0.29, 0.717) is 5.46 Å². The van der Waals surface area contributed by atoms with Crippen LogP contribution in [0.25, 0.3) is 0 Å². The van der Waals surface area contributed by atoms with E-state index in [2.05, 4.69) is 23.7 Å². The molecule has 0 atom stereocenters. The highest BCUT2D eigenvalue weighted by Gasteiger charge is 2.08. The molecule has 0 saturated carbocycles. The molecule has 0 amide bonds. The number of nitrogens with zero attached hydrogens (tertiary/aromatic N) is 1. The second-order valence-corrected chi connectivity index (χ2v) is 5.21. The van der Waals surface area contributed by atoms with E-state index in [1.165, 1.54) is 0 Å². The fraction of sp³-hybridized carbons (Fsp3) is 0.375. The zero-order chi connectivity index (χ0) is 15.3. The molecule has 0 unspecified atom stereocenters. The van der Waals surface area contributed by atoms with Crippen LogP contribution in [0.15, 0.2) is 30.5 Å². The molecular formula is C16H22B2N2. The van der Waals surface area contributed by atoms with Crippen LogP contribution in [0.4, 0.5) is 5.69 Å². The Balaban J connectivity index is 2.90. The van der Waals surface area contributed by atoms with E-state index in [-0.39, 0.29) is 0 Å². The molecule has 4 heteroatoms. The van der Waals surface area contributed by atoms with Gasteiger partial charge in [-0.15, -0.1) is 0 Å². The Labute approximate surface area is 125 Å². The zero-order valence-corrected chi connectivity index (χ0v) is 13.0. The molecular weight excluding hydrogens is 242 g/mol. The average Bonchev–Trinajstić information content (AvgIpc) is 2.38. The molecule has 0 aliphatic rings. The van der Waals surface area contributed by atoms with Gasteiger partial charge >= 0.3 is 0 Å². The number of anilines is 1. The van der Waals surface area contributed by atoms with Crippen LogP contribution in [-0.2, 0) is 6.42 Å². The maximum Gasteiger partial charge on any atom is 0.116 e. The van der Waals surface area contributed by atoms with E-state index in [1.807, 2.05) is 39.2 Å². The van der Waals surface area contributed by atoms with Gasteiger partial charge in [-0.1, -0.05) is 42.1 Å². The fourth-order valence-electron chi connectivity index (χ4n) is 2.00. The highest BCUT2D eigenvalue weighted by molar-refractivity contribution is 6.40. The molecule has 0 bridgehead atoms. The van der Waals surface area contributed by atoms with Gasteiger partial charge in [-0.25, -0.2) is 0 Å². The minimum Gasteiger partial charge on any atom is -0.356 e. The first-order chi connectivity index (χ1) is 9.36. The topological polar surface area (TPSA) is 15.3 Å². The first-order valence-corrected chi connectivity index (χ1v) is 6.81. The Kier molecular flexibility index (Phi) is 6.15. The van der Waals surface area contributed by atoms with E-state index < -0.39 is 0 Å². The van der Waals surface area contributed by atoms with Gasteiger partial charge in [0.2, 0.25) is 0 Å². The Morgan fingerprint density at radius 3 is 2.60 bits per heavy atom. The number of hydrogen-bond acceptors (Lipinski definition) is 2. The highest BCUT2D eigenvalue weighted by Crippen LogP contribution is 2.14. The van der Waals surface area contributed by atoms with Gasteiger partial charge in [0, 0.05) is 17.9 Å². The first-order valence-electron chi connectivity index (χ1n) is 6.81. The third kappa shape index (κ3) is 4.31. The lowest BCUT2D eigenvalue weighted by Gasteiger charge is -2.18. The molecule has 2 nitrogen and oxygen atoms in total. The molecule has 0 spiro atoms. The smallest absolute Gasteiger partial charge is 0.116 e. The van der Waals surface area contributed by atoms with Crippen molar-refractivity contribution in [3.05, 3.63) is 41.6 Å². The van der Waals surface area contributed by atoms with E-state index in [1.54, 1.807) is 0 Å². The molecule has 1 aromatic rings. The second kappa shape index (κ2) is 7.39. The predicted molar refractivity (Wildman–Crippen MR) is 91.8 cm³/mol. The molecule has 102 valence electrons. The van der Waals surface area contributed by atoms with Crippen LogP contribution >= 0.6 is 0 Å². The SMILES string of the molecule is [B]c1cc(CC)c([B])c(C)c1NC(=C)/C=C\CN(C)C. The van der Waals surface area contributed by atoms with Gasteiger partial charge in [-0.2, -0.15) is 0 Å². The van der Waals surface area contributed by atoms with Gasteiger partial charge in [0.1, 0.15) is 15.7 Å². The number of nitrogens with one attached hydrogen (secondary N) is 1. The average molecular weight is 264 g/mol. The Hall–Kier alpha value is -1.41. The van der Waals surface area contributed by atoms with Gasteiger partial charge in [0.05, 0.1) is 0 Å². The summed E-state index contributed by atoms with van der Waals surface area (Å²) in [6, 6.07) is 1.93. The first kappa shape index (κ1) is 16.6. The normalized spacial score (nSPS) is 11.2. The largest absolute Gasteiger partial charge is 0.356 e. The van der Waals surface area contributed by atoms with Crippen molar-refractivity contribution in [3.63, 3.8) is 0 Å². The number of allylic oxidation sites excluding steroid dienone is 1. The molecule has 1 aromatic carbocycles. The third-order valence-electron chi connectivity index (χ3n) is 3.20. The summed E-state index contributed by atoms with van der Waals surface area (Å²) in [6.07, 6.45) is 4.87. The summed E-state index contributed by atoms with van der Waals surface area (Å²) >= 11 is 0. The lowest BCUT2D eigenvalue weighted by atomic mass is 9.79. The second-order valence-electron chi connectivity index (χ2n) is 5.21. The van der Waals surface area contributed by atoms with Crippen molar-refractivity contribution in [1.29, 1.82) is 0 Å². The number of aryl methyl sites for hydroxylation is 1. The van der Waals surface area contributed by atoms with Crippen LogP contribution in [0.2, 0.25) is 0 Å². The lowest BCUT2D eigenvalue weighted by Crippen LogP contribution is -2.24. The molecule has 0 heterocycles. The maximum atomic E-state index is 6.13. The maximum absolute atomic E-state index is 6.13. The van der Waals surface area contributed by atoms with Crippen molar-refractivity contribution in [2.24, 2.45) is 0 Å². The molecule has 1 N–H and O–H groups in total. The van der Waals surface area contributed by atoms with Gasteiger partial charge in [-0.3, -0.25) is 0 Å². The molecule has 0 saturated heterocycles. The molecule has 0 aliphatic carbocycles. The number of rotatable bonds is 6.